The average Bonchev–Trinajstić information content (AvgIpc) is 2.56. The molecular weight excluding hydrogens is 365 g/mol. The maximum Gasteiger partial charge on any atom is 0.203 e. The first-order chi connectivity index (χ1) is 11.1. The van der Waals surface area contributed by atoms with Crippen molar-refractivity contribution in [3.8, 4) is 17.2 Å². The second-order valence-electron chi connectivity index (χ2n) is 4.87. The van der Waals surface area contributed by atoms with Crippen LogP contribution in [-0.2, 0) is 13.1 Å². The van der Waals surface area contributed by atoms with Crippen molar-refractivity contribution in [2.75, 3.05) is 21.3 Å². The zero-order valence-corrected chi connectivity index (χ0v) is 14.9. The molecule has 0 fully saturated rings. The van der Waals surface area contributed by atoms with Crippen LogP contribution in [0, 0.1) is 5.82 Å². The van der Waals surface area contributed by atoms with E-state index in [1.165, 1.54) is 6.07 Å². The molecule has 0 atom stereocenters. The van der Waals surface area contributed by atoms with E-state index in [4.69, 9.17) is 14.2 Å². The number of hydrogen-bond donors (Lipinski definition) is 1. The fraction of sp³-hybridized carbons (Fsp3) is 0.294. The van der Waals surface area contributed by atoms with Gasteiger partial charge in [-0.15, -0.1) is 0 Å². The molecule has 2 aromatic rings. The van der Waals surface area contributed by atoms with Gasteiger partial charge in [0, 0.05) is 23.1 Å². The minimum absolute atomic E-state index is 0.231. The number of rotatable bonds is 7. The van der Waals surface area contributed by atoms with Crippen molar-refractivity contribution in [1.82, 2.24) is 5.32 Å². The third-order valence-electron chi connectivity index (χ3n) is 3.38. The molecular formula is C17H19BrFNO3. The molecule has 124 valence electrons. The molecule has 0 saturated heterocycles. The number of nitrogens with one attached hydrogen (secondary N) is 1. The van der Waals surface area contributed by atoms with E-state index in [1.807, 2.05) is 12.1 Å². The van der Waals surface area contributed by atoms with Crippen LogP contribution in [0.4, 0.5) is 4.39 Å². The largest absolute Gasteiger partial charge is 0.493 e. The van der Waals surface area contributed by atoms with Crippen LogP contribution in [0.2, 0.25) is 0 Å². The minimum Gasteiger partial charge on any atom is -0.493 e. The summed E-state index contributed by atoms with van der Waals surface area (Å²) in [5, 5.41) is 3.21. The number of hydrogen-bond acceptors (Lipinski definition) is 4. The van der Waals surface area contributed by atoms with Crippen molar-refractivity contribution in [3.63, 3.8) is 0 Å². The summed E-state index contributed by atoms with van der Waals surface area (Å²) in [4.78, 5) is 0. The molecule has 0 aliphatic carbocycles. The van der Waals surface area contributed by atoms with Crippen LogP contribution in [0.1, 0.15) is 11.1 Å². The van der Waals surface area contributed by atoms with Gasteiger partial charge < -0.3 is 19.5 Å². The van der Waals surface area contributed by atoms with E-state index < -0.39 is 0 Å². The smallest absolute Gasteiger partial charge is 0.203 e. The third kappa shape index (κ3) is 4.36. The van der Waals surface area contributed by atoms with Crippen LogP contribution >= 0.6 is 15.9 Å². The van der Waals surface area contributed by atoms with E-state index in [9.17, 15) is 4.39 Å². The zero-order chi connectivity index (χ0) is 16.8. The van der Waals surface area contributed by atoms with Gasteiger partial charge in [-0.25, -0.2) is 4.39 Å². The van der Waals surface area contributed by atoms with Crippen molar-refractivity contribution in [2.24, 2.45) is 0 Å². The summed E-state index contributed by atoms with van der Waals surface area (Å²) in [7, 11) is 4.71. The summed E-state index contributed by atoms with van der Waals surface area (Å²) in [6.07, 6.45) is 0. The third-order valence-corrected chi connectivity index (χ3v) is 3.87. The quantitative estimate of drug-likeness (QED) is 0.786. The van der Waals surface area contributed by atoms with E-state index >= 15 is 0 Å². The molecule has 0 radical (unpaired) electrons. The zero-order valence-electron chi connectivity index (χ0n) is 13.3. The molecule has 0 amide bonds. The normalized spacial score (nSPS) is 10.5. The SMILES string of the molecule is COc1cc(CNCc2cc(Br)ccc2F)cc(OC)c1OC. The molecule has 0 aliphatic rings. The molecule has 0 spiro atoms. The van der Waals surface area contributed by atoms with Crippen LogP contribution in [0.15, 0.2) is 34.8 Å². The van der Waals surface area contributed by atoms with E-state index in [0.717, 1.165) is 10.0 Å². The molecule has 0 bridgehead atoms. The van der Waals surface area contributed by atoms with Gasteiger partial charge in [0.05, 0.1) is 21.3 Å². The Labute approximate surface area is 143 Å². The Morgan fingerprint density at radius 3 is 2.17 bits per heavy atom. The van der Waals surface area contributed by atoms with Crippen LogP contribution in [0.3, 0.4) is 0 Å². The second kappa shape index (κ2) is 8.17. The highest BCUT2D eigenvalue weighted by Gasteiger charge is 2.13. The molecule has 0 heterocycles. The highest BCUT2D eigenvalue weighted by molar-refractivity contribution is 9.10. The summed E-state index contributed by atoms with van der Waals surface area (Å²) in [6.45, 7) is 0.963. The standard InChI is InChI=1S/C17H19BrFNO3/c1-21-15-6-11(7-16(22-2)17(15)23-3)9-20-10-12-8-13(18)4-5-14(12)19/h4-8,20H,9-10H2,1-3H3. The summed E-state index contributed by atoms with van der Waals surface area (Å²) < 4.78 is 30.5. The topological polar surface area (TPSA) is 39.7 Å². The lowest BCUT2D eigenvalue weighted by atomic mass is 10.1. The van der Waals surface area contributed by atoms with Crippen LogP contribution in [-0.4, -0.2) is 21.3 Å². The Kier molecular flexibility index (Phi) is 6.24. The molecule has 1 N–H and O–H groups in total. The molecule has 0 aliphatic heterocycles. The fourth-order valence-electron chi connectivity index (χ4n) is 2.26. The van der Waals surface area contributed by atoms with E-state index in [2.05, 4.69) is 21.2 Å². The number of ether oxygens (including phenoxy) is 3. The summed E-state index contributed by atoms with van der Waals surface area (Å²) >= 11 is 3.35. The predicted octanol–water partition coefficient (Wildman–Crippen LogP) is 3.90. The highest BCUT2D eigenvalue weighted by Crippen LogP contribution is 2.38. The van der Waals surface area contributed by atoms with Crippen LogP contribution < -0.4 is 19.5 Å². The minimum atomic E-state index is -0.231. The predicted molar refractivity (Wildman–Crippen MR) is 90.7 cm³/mol. The summed E-state index contributed by atoms with van der Waals surface area (Å²) in [6, 6.07) is 8.62. The van der Waals surface area contributed by atoms with Gasteiger partial charge in [0.2, 0.25) is 5.75 Å². The van der Waals surface area contributed by atoms with Gasteiger partial charge in [0.1, 0.15) is 5.82 Å². The number of methoxy groups -OCH3 is 3. The maximum atomic E-state index is 13.7. The molecule has 0 unspecified atom stereocenters. The Hall–Kier alpha value is -1.79. The first kappa shape index (κ1) is 17.6. The van der Waals surface area contributed by atoms with E-state index in [0.29, 0.717) is 35.9 Å². The molecule has 2 aromatic carbocycles. The lowest BCUT2D eigenvalue weighted by molar-refractivity contribution is 0.323. The monoisotopic (exact) mass is 383 g/mol. The Bertz CT molecular complexity index is 654. The van der Waals surface area contributed by atoms with E-state index in [1.54, 1.807) is 33.5 Å². The van der Waals surface area contributed by atoms with Gasteiger partial charge >= 0.3 is 0 Å². The lowest BCUT2D eigenvalue weighted by Crippen LogP contribution is -2.14. The summed E-state index contributed by atoms with van der Waals surface area (Å²) in [5.41, 5.74) is 1.56. The van der Waals surface area contributed by atoms with Gasteiger partial charge in [-0.05, 0) is 35.9 Å². The van der Waals surface area contributed by atoms with Gasteiger partial charge in [0.15, 0.2) is 11.5 Å². The lowest BCUT2D eigenvalue weighted by Gasteiger charge is -2.14. The van der Waals surface area contributed by atoms with Crippen LogP contribution in [0.5, 0.6) is 17.2 Å². The van der Waals surface area contributed by atoms with Crippen molar-refractivity contribution in [1.29, 1.82) is 0 Å². The molecule has 2 rings (SSSR count). The molecule has 6 heteroatoms. The van der Waals surface area contributed by atoms with E-state index in [-0.39, 0.29) is 5.82 Å². The molecule has 23 heavy (non-hydrogen) atoms. The maximum absolute atomic E-state index is 13.7. The Morgan fingerprint density at radius 1 is 0.957 bits per heavy atom. The highest BCUT2D eigenvalue weighted by atomic mass is 79.9. The molecule has 4 nitrogen and oxygen atoms in total. The molecule has 0 saturated carbocycles. The van der Waals surface area contributed by atoms with Crippen LogP contribution in [0.25, 0.3) is 0 Å². The van der Waals surface area contributed by atoms with Crippen molar-refractivity contribution in [2.45, 2.75) is 13.1 Å². The van der Waals surface area contributed by atoms with Crippen molar-refractivity contribution in [3.05, 3.63) is 51.7 Å². The van der Waals surface area contributed by atoms with Gasteiger partial charge in [-0.2, -0.15) is 0 Å². The first-order valence-corrected chi connectivity index (χ1v) is 7.82. The first-order valence-electron chi connectivity index (χ1n) is 7.02. The number of halogens is 2. The van der Waals surface area contributed by atoms with Gasteiger partial charge in [-0.3, -0.25) is 0 Å². The second-order valence-corrected chi connectivity index (χ2v) is 5.79. The molecule has 0 aromatic heterocycles. The Balaban J connectivity index is 2.10. The number of benzene rings is 2. The van der Waals surface area contributed by atoms with Crippen molar-refractivity contribution < 1.29 is 18.6 Å². The summed E-state index contributed by atoms with van der Waals surface area (Å²) in [5.74, 6) is 1.51. The van der Waals surface area contributed by atoms with Gasteiger partial charge in [-0.1, -0.05) is 15.9 Å². The fourth-order valence-corrected chi connectivity index (χ4v) is 2.67. The van der Waals surface area contributed by atoms with Gasteiger partial charge in [0.25, 0.3) is 0 Å². The van der Waals surface area contributed by atoms with Crippen molar-refractivity contribution >= 4 is 15.9 Å². The Morgan fingerprint density at radius 2 is 1.61 bits per heavy atom. The average molecular weight is 384 g/mol.